The van der Waals surface area contributed by atoms with E-state index in [2.05, 4.69) is 5.43 Å². The molecule has 0 aliphatic carbocycles. The summed E-state index contributed by atoms with van der Waals surface area (Å²) in [5.74, 6) is -0.513. The van der Waals surface area contributed by atoms with Gasteiger partial charge in [0.25, 0.3) is 5.91 Å². The lowest BCUT2D eigenvalue weighted by molar-refractivity contribution is 0.0837. The summed E-state index contributed by atoms with van der Waals surface area (Å²) < 4.78 is -0.804. The average molecular weight is 353 g/mol. The van der Waals surface area contributed by atoms with Crippen molar-refractivity contribution >= 4 is 28.9 Å². The van der Waals surface area contributed by atoms with Gasteiger partial charge in [-0.3, -0.25) is 4.79 Å². The summed E-state index contributed by atoms with van der Waals surface area (Å²) in [4.78, 5) is 24.9. The molecule has 2 aromatic rings. The zero-order chi connectivity index (χ0) is 18.9. The van der Waals surface area contributed by atoms with Crippen molar-refractivity contribution in [2.75, 3.05) is 5.73 Å². The van der Waals surface area contributed by atoms with Gasteiger partial charge < -0.3 is 16.6 Å². The summed E-state index contributed by atoms with van der Waals surface area (Å²) in [5, 5.41) is 9.96. The van der Waals surface area contributed by atoms with Crippen LogP contribution in [0.1, 0.15) is 29.3 Å². The van der Waals surface area contributed by atoms with Crippen LogP contribution < -0.4 is 21.5 Å². The molecule has 6 N–H and O–H groups in total. The van der Waals surface area contributed by atoms with E-state index in [-0.39, 0.29) is 6.04 Å². The SMILES string of the molecule is C[C@@H](N)CC1=C[N+](NC(=O)c2ccc(N)cc2)(C(=O)O)c2ccccc21. The van der Waals surface area contributed by atoms with Crippen LogP contribution in [0.5, 0.6) is 0 Å². The number of hydrogen-bond acceptors (Lipinski definition) is 4. The van der Waals surface area contributed by atoms with Gasteiger partial charge in [-0.25, -0.2) is 0 Å². The molecule has 3 rings (SSSR count). The summed E-state index contributed by atoms with van der Waals surface area (Å²) in [6.45, 7) is 1.85. The standard InChI is InChI=1S/C19H20N4O3/c1-12(20)10-14-11-23(19(25)26,17-5-3-2-4-16(14)17)22-18(24)13-6-8-15(21)9-7-13/h2-9,11-12H,10,20H2,1H3,(H3-,21,22,24,25,26)/p+1/t12-,23?/m1/s1. The molecule has 0 spiro atoms. The van der Waals surface area contributed by atoms with Crippen molar-refractivity contribution in [3.8, 4) is 0 Å². The molecule has 1 aliphatic rings. The number of quaternary nitrogens is 1. The number of rotatable bonds is 3. The molecule has 2 amide bonds. The second-order valence-corrected chi connectivity index (χ2v) is 6.42. The molecular weight excluding hydrogens is 332 g/mol. The Hall–Kier alpha value is -3.16. The van der Waals surface area contributed by atoms with Crippen LogP contribution in [-0.4, -0.2) is 23.1 Å². The topological polar surface area (TPSA) is 118 Å². The Kier molecular flexibility index (Phi) is 4.50. The van der Waals surface area contributed by atoms with Crippen molar-refractivity contribution in [2.45, 2.75) is 19.4 Å². The Bertz CT molecular complexity index is 890. The monoisotopic (exact) mass is 353 g/mol. The first-order valence-electron chi connectivity index (χ1n) is 8.21. The first-order valence-corrected chi connectivity index (χ1v) is 8.21. The third-order valence-electron chi connectivity index (χ3n) is 4.27. The van der Waals surface area contributed by atoms with Gasteiger partial charge >= 0.3 is 6.09 Å². The van der Waals surface area contributed by atoms with Gasteiger partial charge in [0, 0.05) is 34.5 Å². The van der Waals surface area contributed by atoms with Crippen molar-refractivity contribution in [3.63, 3.8) is 0 Å². The van der Waals surface area contributed by atoms with Gasteiger partial charge in [0.2, 0.25) is 0 Å². The number of fused-ring (bicyclic) bond motifs is 1. The van der Waals surface area contributed by atoms with Crippen LogP contribution in [0.2, 0.25) is 0 Å². The maximum absolute atomic E-state index is 12.7. The third-order valence-corrected chi connectivity index (χ3v) is 4.27. The van der Waals surface area contributed by atoms with Gasteiger partial charge in [-0.15, -0.1) is 0 Å². The lowest BCUT2D eigenvalue weighted by Gasteiger charge is -2.25. The summed E-state index contributed by atoms with van der Waals surface area (Å²) in [6, 6.07) is 13.2. The smallest absolute Gasteiger partial charge is 0.433 e. The van der Waals surface area contributed by atoms with Crippen LogP contribution in [0, 0.1) is 0 Å². The van der Waals surface area contributed by atoms with Crippen molar-refractivity contribution < 1.29 is 14.7 Å². The fraction of sp³-hybridized carbons (Fsp3) is 0.158. The number of carbonyl (C=O) groups is 2. The van der Waals surface area contributed by atoms with Crippen LogP contribution in [0.3, 0.4) is 0 Å². The molecule has 0 saturated heterocycles. The maximum atomic E-state index is 12.7. The first-order chi connectivity index (χ1) is 12.3. The molecular formula is C19H21N4O3+. The molecule has 1 unspecified atom stereocenters. The highest BCUT2D eigenvalue weighted by Crippen LogP contribution is 2.41. The zero-order valence-corrected chi connectivity index (χ0v) is 14.3. The van der Waals surface area contributed by atoms with Crippen LogP contribution in [-0.2, 0) is 0 Å². The molecule has 26 heavy (non-hydrogen) atoms. The number of nitrogen functional groups attached to an aromatic ring is 1. The second-order valence-electron chi connectivity index (χ2n) is 6.42. The number of nitrogens with two attached hydrogens (primary N) is 2. The van der Waals surface area contributed by atoms with Gasteiger partial charge in [-0.05, 0) is 43.7 Å². The number of amides is 2. The van der Waals surface area contributed by atoms with E-state index in [9.17, 15) is 14.7 Å². The minimum absolute atomic E-state index is 0.143. The predicted octanol–water partition coefficient (Wildman–Crippen LogP) is 2.69. The number of nitrogens with zero attached hydrogens (tertiary/aromatic N) is 1. The Balaban J connectivity index is 2.05. The van der Waals surface area contributed by atoms with E-state index in [1.54, 1.807) is 36.4 Å². The molecule has 0 saturated carbocycles. The molecule has 134 valence electrons. The molecule has 7 nitrogen and oxygen atoms in total. The van der Waals surface area contributed by atoms with Gasteiger partial charge in [0.05, 0.1) is 0 Å². The fourth-order valence-corrected chi connectivity index (χ4v) is 3.09. The number of para-hydroxylation sites is 1. The number of nitrogens with one attached hydrogen (secondary N) is 1. The molecule has 0 fully saturated rings. The summed E-state index contributed by atoms with van der Waals surface area (Å²) in [5.41, 5.74) is 17.0. The number of anilines is 1. The van der Waals surface area contributed by atoms with Crippen LogP contribution in [0.4, 0.5) is 16.2 Å². The van der Waals surface area contributed by atoms with Gasteiger partial charge in [0.15, 0.2) is 5.69 Å². The van der Waals surface area contributed by atoms with Crippen molar-refractivity contribution in [1.29, 1.82) is 0 Å². The summed E-state index contributed by atoms with van der Waals surface area (Å²) >= 11 is 0. The van der Waals surface area contributed by atoms with E-state index in [0.717, 1.165) is 11.1 Å². The second kappa shape index (κ2) is 6.62. The van der Waals surface area contributed by atoms with Crippen LogP contribution >= 0.6 is 0 Å². The third kappa shape index (κ3) is 3.05. The van der Waals surface area contributed by atoms with E-state index < -0.39 is 16.6 Å². The zero-order valence-electron chi connectivity index (χ0n) is 14.3. The molecule has 2 atom stereocenters. The number of hydrogen-bond donors (Lipinski definition) is 4. The van der Waals surface area contributed by atoms with E-state index in [1.165, 1.54) is 6.20 Å². The number of carbonyl (C=O) groups excluding carboxylic acids is 1. The van der Waals surface area contributed by atoms with Gasteiger partial charge in [0.1, 0.15) is 6.20 Å². The maximum Gasteiger partial charge on any atom is 0.549 e. The predicted molar refractivity (Wildman–Crippen MR) is 101 cm³/mol. The molecule has 2 aromatic carbocycles. The molecule has 1 heterocycles. The van der Waals surface area contributed by atoms with Crippen LogP contribution in [0.15, 0.2) is 54.7 Å². The average Bonchev–Trinajstić information content (AvgIpc) is 2.90. The fourth-order valence-electron chi connectivity index (χ4n) is 3.09. The quantitative estimate of drug-likeness (QED) is 0.500. The molecule has 7 heteroatoms. The first kappa shape index (κ1) is 17.7. The Morgan fingerprint density at radius 2 is 1.81 bits per heavy atom. The highest BCUT2D eigenvalue weighted by atomic mass is 16.4. The Labute approximate surface area is 151 Å². The lowest BCUT2D eigenvalue weighted by Crippen LogP contribution is -2.60. The molecule has 0 aromatic heterocycles. The largest absolute Gasteiger partial charge is 0.549 e. The van der Waals surface area contributed by atoms with Crippen molar-refractivity contribution in [1.82, 2.24) is 10.0 Å². The molecule has 0 radical (unpaired) electrons. The minimum atomic E-state index is -1.21. The summed E-state index contributed by atoms with van der Waals surface area (Å²) in [7, 11) is 0. The van der Waals surface area contributed by atoms with Gasteiger partial charge in [-0.2, -0.15) is 10.2 Å². The number of carboxylic acid groups (broad SMARTS) is 1. The summed E-state index contributed by atoms with van der Waals surface area (Å²) in [6.07, 6.45) is 0.828. The normalized spacial score (nSPS) is 19.4. The van der Waals surface area contributed by atoms with E-state index in [4.69, 9.17) is 11.5 Å². The van der Waals surface area contributed by atoms with Crippen LogP contribution in [0.25, 0.3) is 5.57 Å². The minimum Gasteiger partial charge on any atom is -0.433 e. The van der Waals surface area contributed by atoms with Crippen molar-refractivity contribution in [3.05, 3.63) is 65.9 Å². The molecule has 0 bridgehead atoms. The van der Waals surface area contributed by atoms with Gasteiger partial charge in [-0.1, -0.05) is 16.7 Å². The Morgan fingerprint density at radius 1 is 1.15 bits per heavy atom. The number of benzene rings is 2. The highest BCUT2D eigenvalue weighted by molar-refractivity contribution is 6.01. The van der Waals surface area contributed by atoms with E-state index in [1.807, 2.05) is 19.1 Å². The Morgan fingerprint density at radius 3 is 2.42 bits per heavy atom. The van der Waals surface area contributed by atoms with Crippen molar-refractivity contribution in [2.24, 2.45) is 5.73 Å². The van der Waals surface area contributed by atoms with E-state index >= 15 is 0 Å². The molecule has 1 aliphatic heterocycles. The van der Waals surface area contributed by atoms with E-state index in [0.29, 0.717) is 23.4 Å². The lowest BCUT2D eigenvalue weighted by atomic mass is 10.0. The highest BCUT2D eigenvalue weighted by Gasteiger charge is 2.48.